The summed E-state index contributed by atoms with van der Waals surface area (Å²) in [6, 6.07) is 2.98. The zero-order chi connectivity index (χ0) is 12.6. The Labute approximate surface area is 97.4 Å². The van der Waals surface area contributed by atoms with Gasteiger partial charge < -0.3 is 5.11 Å². The molecule has 0 fully saturated rings. The second-order valence-electron chi connectivity index (χ2n) is 3.79. The van der Waals surface area contributed by atoms with Gasteiger partial charge >= 0.3 is 5.97 Å². The highest BCUT2D eigenvalue weighted by atomic mass is 16.4. The van der Waals surface area contributed by atoms with E-state index in [1.807, 2.05) is 6.92 Å². The van der Waals surface area contributed by atoms with Crippen LogP contribution in [0.1, 0.15) is 28.5 Å². The maximum Gasteiger partial charge on any atom is 0.337 e. The molecule has 0 saturated heterocycles. The standard InChI is InChI=1S/C12H12N2O3/c1-3-9-7(2)13-10-5-4-8(12(16)17)6-14(10)11(9)15/h4-6H,3H2,1-2H3,(H,16,17). The number of rotatable bonds is 2. The first-order valence-electron chi connectivity index (χ1n) is 5.29. The molecule has 5 heteroatoms. The molecule has 2 heterocycles. The van der Waals surface area contributed by atoms with Crippen LogP contribution < -0.4 is 5.56 Å². The highest BCUT2D eigenvalue weighted by molar-refractivity contribution is 5.87. The average Bonchev–Trinajstić information content (AvgIpc) is 2.29. The van der Waals surface area contributed by atoms with Crippen LogP contribution in [0.15, 0.2) is 23.1 Å². The van der Waals surface area contributed by atoms with E-state index in [4.69, 9.17) is 5.11 Å². The normalized spacial score (nSPS) is 10.7. The van der Waals surface area contributed by atoms with Gasteiger partial charge in [0.15, 0.2) is 0 Å². The first-order chi connectivity index (χ1) is 8.04. The van der Waals surface area contributed by atoms with Gasteiger partial charge in [0.2, 0.25) is 0 Å². The summed E-state index contributed by atoms with van der Waals surface area (Å²) < 4.78 is 1.29. The fourth-order valence-electron chi connectivity index (χ4n) is 1.82. The molecule has 2 rings (SSSR count). The quantitative estimate of drug-likeness (QED) is 0.846. The Hall–Kier alpha value is -2.17. The number of carboxylic acid groups (broad SMARTS) is 1. The van der Waals surface area contributed by atoms with Crippen molar-refractivity contribution in [3.63, 3.8) is 0 Å². The predicted molar refractivity (Wildman–Crippen MR) is 62.5 cm³/mol. The molecule has 2 aromatic rings. The SMILES string of the molecule is CCc1c(C)nc2ccc(C(=O)O)cn2c1=O. The lowest BCUT2D eigenvalue weighted by Gasteiger charge is -2.06. The monoisotopic (exact) mass is 232 g/mol. The summed E-state index contributed by atoms with van der Waals surface area (Å²) in [6.45, 7) is 3.66. The Bertz CT molecular complexity index is 659. The molecule has 17 heavy (non-hydrogen) atoms. The highest BCUT2D eigenvalue weighted by Gasteiger charge is 2.10. The molecule has 5 nitrogen and oxygen atoms in total. The minimum Gasteiger partial charge on any atom is -0.478 e. The molecule has 0 saturated carbocycles. The van der Waals surface area contributed by atoms with E-state index in [-0.39, 0.29) is 11.1 Å². The predicted octanol–water partition coefficient (Wildman–Crippen LogP) is 1.26. The largest absolute Gasteiger partial charge is 0.478 e. The van der Waals surface area contributed by atoms with Gasteiger partial charge in [0.05, 0.1) is 5.56 Å². The summed E-state index contributed by atoms with van der Waals surface area (Å²) in [6.07, 6.45) is 1.89. The number of fused-ring (bicyclic) bond motifs is 1. The third-order valence-corrected chi connectivity index (χ3v) is 2.72. The van der Waals surface area contributed by atoms with Crippen molar-refractivity contribution in [1.82, 2.24) is 9.38 Å². The number of carboxylic acids is 1. The zero-order valence-electron chi connectivity index (χ0n) is 9.60. The molecule has 0 amide bonds. The van der Waals surface area contributed by atoms with E-state index < -0.39 is 5.97 Å². The molecule has 88 valence electrons. The highest BCUT2D eigenvalue weighted by Crippen LogP contribution is 2.06. The summed E-state index contributed by atoms with van der Waals surface area (Å²) in [5.41, 5.74) is 1.66. The van der Waals surface area contributed by atoms with Crippen molar-refractivity contribution in [3.05, 3.63) is 45.5 Å². The molecule has 0 atom stereocenters. The third-order valence-electron chi connectivity index (χ3n) is 2.72. The first kappa shape index (κ1) is 11.3. The van der Waals surface area contributed by atoms with Gasteiger partial charge in [0.1, 0.15) is 5.65 Å². The van der Waals surface area contributed by atoms with E-state index in [1.165, 1.54) is 22.7 Å². The van der Waals surface area contributed by atoms with Crippen molar-refractivity contribution in [3.8, 4) is 0 Å². The topological polar surface area (TPSA) is 71.7 Å². The Balaban J connectivity index is 2.85. The number of hydrogen-bond donors (Lipinski definition) is 1. The molecule has 1 N–H and O–H groups in total. The van der Waals surface area contributed by atoms with Crippen molar-refractivity contribution < 1.29 is 9.90 Å². The Kier molecular flexibility index (Phi) is 2.67. The van der Waals surface area contributed by atoms with Crippen molar-refractivity contribution in [2.45, 2.75) is 20.3 Å². The number of aromatic carboxylic acids is 1. The van der Waals surface area contributed by atoms with E-state index >= 15 is 0 Å². The van der Waals surface area contributed by atoms with Gasteiger partial charge in [-0.2, -0.15) is 0 Å². The Morgan fingerprint density at radius 2 is 2.18 bits per heavy atom. The average molecular weight is 232 g/mol. The summed E-state index contributed by atoms with van der Waals surface area (Å²) in [4.78, 5) is 27.2. The van der Waals surface area contributed by atoms with Crippen LogP contribution in [0.3, 0.4) is 0 Å². The minimum atomic E-state index is -1.06. The zero-order valence-corrected chi connectivity index (χ0v) is 9.60. The fourth-order valence-corrected chi connectivity index (χ4v) is 1.82. The molecule has 0 aliphatic rings. The van der Waals surface area contributed by atoms with E-state index in [0.29, 0.717) is 23.3 Å². The van der Waals surface area contributed by atoms with E-state index in [9.17, 15) is 9.59 Å². The van der Waals surface area contributed by atoms with E-state index in [2.05, 4.69) is 4.98 Å². The number of aromatic nitrogens is 2. The van der Waals surface area contributed by atoms with Gasteiger partial charge in [-0.15, -0.1) is 0 Å². The maximum absolute atomic E-state index is 12.1. The van der Waals surface area contributed by atoms with Gasteiger partial charge in [-0.3, -0.25) is 9.20 Å². The molecule has 0 aliphatic heterocycles. The van der Waals surface area contributed by atoms with Crippen LogP contribution in [-0.4, -0.2) is 20.5 Å². The Morgan fingerprint density at radius 1 is 1.47 bits per heavy atom. The summed E-state index contributed by atoms with van der Waals surface area (Å²) in [7, 11) is 0. The summed E-state index contributed by atoms with van der Waals surface area (Å²) in [5.74, 6) is -1.06. The summed E-state index contributed by atoms with van der Waals surface area (Å²) >= 11 is 0. The second kappa shape index (κ2) is 4.01. The lowest BCUT2D eigenvalue weighted by atomic mass is 10.2. The van der Waals surface area contributed by atoms with Gasteiger partial charge in [-0.1, -0.05) is 6.92 Å². The molecule has 0 radical (unpaired) electrons. The first-order valence-corrected chi connectivity index (χ1v) is 5.29. The smallest absolute Gasteiger partial charge is 0.337 e. The molecule has 0 bridgehead atoms. The molecule has 2 aromatic heterocycles. The molecular formula is C12H12N2O3. The number of aryl methyl sites for hydroxylation is 1. The van der Waals surface area contributed by atoms with Crippen LogP contribution >= 0.6 is 0 Å². The lowest BCUT2D eigenvalue weighted by molar-refractivity contribution is 0.0696. The third kappa shape index (κ3) is 1.80. The van der Waals surface area contributed by atoms with Crippen molar-refractivity contribution in [2.24, 2.45) is 0 Å². The molecule has 0 spiro atoms. The molecule has 0 aromatic carbocycles. The van der Waals surface area contributed by atoms with Crippen LogP contribution in [0, 0.1) is 6.92 Å². The second-order valence-corrected chi connectivity index (χ2v) is 3.79. The van der Waals surface area contributed by atoms with Gasteiger partial charge in [0.25, 0.3) is 5.56 Å². The van der Waals surface area contributed by atoms with Crippen LogP contribution in [0.25, 0.3) is 5.65 Å². The lowest BCUT2D eigenvalue weighted by Crippen LogP contribution is -2.21. The number of pyridine rings is 1. The maximum atomic E-state index is 12.1. The fraction of sp³-hybridized carbons (Fsp3) is 0.250. The molecular weight excluding hydrogens is 220 g/mol. The molecule has 0 aliphatic carbocycles. The van der Waals surface area contributed by atoms with Gasteiger partial charge in [0, 0.05) is 17.5 Å². The number of carbonyl (C=O) groups is 1. The van der Waals surface area contributed by atoms with E-state index in [1.54, 1.807) is 6.92 Å². The van der Waals surface area contributed by atoms with Gasteiger partial charge in [-0.25, -0.2) is 9.78 Å². The van der Waals surface area contributed by atoms with Crippen LogP contribution in [0.4, 0.5) is 0 Å². The van der Waals surface area contributed by atoms with Crippen LogP contribution in [0.5, 0.6) is 0 Å². The van der Waals surface area contributed by atoms with Crippen molar-refractivity contribution in [2.75, 3.05) is 0 Å². The van der Waals surface area contributed by atoms with Crippen LogP contribution in [-0.2, 0) is 6.42 Å². The van der Waals surface area contributed by atoms with Crippen molar-refractivity contribution in [1.29, 1.82) is 0 Å². The number of hydrogen-bond acceptors (Lipinski definition) is 3. The van der Waals surface area contributed by atoms with E-state index in [0.717, 1.165) is 0 Å². The Morgan fingerprint density at radius 3 is 2.76 bits per heavy atom. The van der Waals surface area contributed by atoms with Crippen LogP contribution in [0.2, 0.25) is 0 Å². The number of nitrogens with zero attached hydrogens (tertiary/aromatic N) is 2. The minimum absolute atomic E-state index is 0.0762. The molecule has 0 unspecified atom stereocenters. The summed E-state index contributed by atoms with van der Waals surface area (Å²) in [5, 5.41) is 8.88. The van der Waals surface area contributed by atoms with Gasteiger partial charge in [-0.05, 0) is 25.5 Å². The van der Waals surface area contributed by atoms with Crippen molar-refractivity contribution >= 4 is 11.6 Å².